The van der Waals surface area contributed by atoms with Gasteiger partial charge in [0.05, 0.1) is 18.1 Å². The minimum absolute atomic E-state index is 0.267. The van der Waals surface area contributed by atoms with Crippen molar-refractivity contribution in [1.82, 2.24) is 15.1 Å². The van der Waals surface area contributed by atoms with Gasteiger partial charge in [0.25, 0.3) is 0 Å². The van der Waals surface area contributed by atoms with Gasteiger partial charge in [0.15, 0.2) is 5.75 Å². The van der Waals surface area contributed by atoms with Crippen molar-refractivity contribution in [3.63, 3.8) is 0 Å². The summed E-state index contributed by atoms with van der Waals surface area (Å²) in [7, 11) is 0. The molecule has 1 aromatic heterocycles. The lowest BCUT2D eigenvalue weighted by Gasteiger charge is -2.22. The third-order valence-corrected chi connectivity index (χ3v) is 3.48. The standard InChI is InChI=1S/C15H19N3O/c1-12-5-2-3-7-15(12)18-11-14(10-17-18)19-13-6-4-8-16-9-13/h2-3,5,7,10-11,13,16H,4,6,8-9H2,1H3. The third-order valence-electron chi connectivity index (χ3n) is 3.48. The number of nitrogens with one attached hydrogen (secondary N) is 1. The zero-order valence-electron chi connectivity index (χ0n) is 11.2. The van der Waals surface area contributed by atoms with E-state index in [0.717, 1.165) is 30.9 Å². The lowest BCUT2D eigenvalue weighted by molar-refractivity contribution is 0.167. The van der Waals surface area contributed by atoms with E-state index in [1.165, 1.54) is 12.0 Å². The second-order valence-corrected chi connectivity index (χ2v) is 4.99. The molecule has 1 atom stereocenters. The van der Waals surface area contributed by atoms with Crippen LogP contribution in [0.4, 0.5) is 0 Å². The summed E-state index contributed by atoms with van der Waals surface area (Å²) in [5, 5.41) is 7.73. The van der Waals surface area contributed by atoms with Crippen molar-refractivity contribution >= 4 is 0 Å². The Bertz CT molecular complexity index is 544. The van der Waals surface area contributed by atoms with Crippen molar-refractivity contribution in [1.29, 1.82) is 0 Å². The highest BCUT2D eigenvalue weighted by Crippen LogP contribution is 2.19. The molecule has 19 heavy (non-hydrogen) atoms. The fourth-order valence-corrected chi connectivity index (χ4v) is 2.43. The van der Waals surface area contributed by atoms with Gasteiger partial charge >= 0.3 is 0 Å². The molecule has 1 aromatic carbocycles. The number of hydrogen-bond acceptors (Lipinski definition) is 3. The van der Waals surface area contributed by atoms with Crippen LogP contribution in [0.1, 0.15) is 18.4 Å². The number of benzene rings is 1. The van der Waals surface area contributed by atoms with E-state index >= 15 is 0 Å². The van der Waals surface area contributed by atoms with Crippen LogP contribution in [0.2, 0.25) is 0 Å². The van der Waals surface area contributed by atoms with Gasteiger partial charge < -0.3 is 10.1 Å². The first-order valence-corrected chi connectivity index (χ1v) is 6.81. The lowest BCUT2D eigenvalue weighted by Crippen LogP contribution is -2.37. The van der Waals surface area contributed by atoms with Gasteiger partial charge in [-0.1, -0.05) is 18.2 Å². The van der Waals surface area contributed by atoms with E-state index in [-0.39, 0.29) is 6.10 Å². The van der Waals surface area contributed by atoms with Gasteiger partial charge in [-0.3, -0.25) is 0 Å². The third kappa shape index (κ3) is 2.79. The highest BCUT2D eigenvalue weighted by atomic mass is 16.5. The molecule has 1 aliphatic rings. The van der Waals surface area contributed by atoms with Gasteiger partial charge in [0.1, 0.15) is 6.10 Å². The van der Waals surface area contributed by atoms with Crippen LogP contribution in [0.15, 0.2) is 36.7 Å². The minimum atomic E-state index is 0.267. The predicted molar refractivity (Wildman–Crippen MR) is 74.8 cm³/mol. The van der Waals surface area contributed by atoms with E-state index in [4.69, 9.17) is 4.74 Å². The van der Waals surface area contributed by atoms with E-state index in [0.29, 0.717) is 0 Å². The molecule has 100 valence electrons. The molecule has 0 spiro atoms. The summed E-state index contributed by atoms with van der Waals surface area (Å²) in [4.78, 5) is 0. The van der Waals surface area contributed by atoms with Crippen LogP contribution in [0.25, 0.3) is 5.69 Å². The number of nitrogens with zero attached hydrogens (tertiary/aromatic N) is 2. The van der Waals surface area contributed by atoms with E-state index < -0.39 is 0 Å². The van der Waals surface area contributed by atoms with Crippen molar-refractivity contribution in [2.24, 2.45) is 0 Å². The average molecular weight is 257 g/mol. The fraction of sp³-hybridized carbons (Fsp3) is 0.400. The molecule has 1 N–H and O–H groups in total. The number of aromatic nitrogens is 2. The highest BCUT2D eigenvalue weighted by molar-refractivity contribution is 5.40. The molecule has 1 fully saturated rings. The first kappa shape index (κ1) is 12.2. The molecule has 0 saturated carbocycles. The molecule has 4 heteroatoms. The van der Waals surface area contributed by atoms with Crippen molar-refractivity contribution in [2.45, 2.75) is 25.9 Å². The van der Waals surface area contributed by atoms with E-state index in [1.807, 2.05) is 23.0 Å². The average Bonchev–Trinajstić information content (AvgIpc) is 2.89. The molecule has 0 radical (unpaired) electrons. The zero-order chi connectivity index (χ0) is 13.1. The maximum Gasteiger partial charge on any atom is 0.158 e. The Labute approximate surface area is 113 Å². The highest BCUT2D eigenvalue weighted by Gasteiger charge is 2.15. The molecule has 0 bridgehead atoms. The number of aryl methyl sites for hydroxylation is 1. The molecule has 1 aliphatic heterocycles. The second-order valence-electron chi connectivity index (χ2n) is 4.99. The summed E-state index contributed by atoms with van der Waals surface area (Å²) in [6, 6.07) is 8.21. The van der Waals surface area contributed by atoms with Gasteiger partial charge in [-0.05, 0) is 37.9 Å². The number of piperidine rings is 1. The van der Waals surface area contributed by atoms with Crippen LogP contribution in [-0.4, -0.2) is 29.0 Å². The topological polar surface area (TPSA) is 39.1 Å². The molecule has 0 amide bonds. The summed E-state index contributed by atoms with van der Waals surface area (Å²) in [5.74, 6) is 0.844. The molecule has 1 unspecified atom stereocenters. The van der Waals surface area contributed by atoms with Crippen molar-refractivity contribution in [2.75, 3.05) is 13.1 Å². The van der Waals surface area contributed by atoms with Crippen LogP contribution in [-0.2, 0) is 0 Å². The van der Waals surface area contributed by atoms with Crippen molar-refractivity contribution in [3.05, 3.63) is 42.2 Å². The molecule has 3 rings (SSSR count). The molecule has 4 nitrogen and oxygen atoms in total. The molecular weight excluding hydrogens is 238 g/mol. The molecular formula is C15H19N3O. The Kier molecular flexibility index (Phi) is 3.51. The molecule has 2 heterocycles. The van der Waals surface area contributed by atoms with Gasteiger partial charge in [-0.15, -0.1) is 0 Å². The summed E-state index contributed by atoms with van der Waals surface area (Å²) < 4.78 is 7.83. The molecule has 2 aromatic rings. The minimum Gasteiger partial charge on any atom is -0.486 e. The Morgan fingerprint density at radius 3 is 3.05 bits per heavy atom. The van der Waals surface area contributed by atoms with Crippen LogP contribution in [0, 0.1) is 6.92 Å². The largest absolute Gasteiger partial charge is 0.486 e. The maximum atomic E-state index is 5.95. The molecule has 0 aliphatic carbocycles. The number of rotatable bonds is 3. The Balaban J connectivity index is 1.74. The number of para-hydroxylation sites is 1. The summed E-state index contributed by atoms with van der Waals surface area (Å²) in [6.07, 6.45) is 6.31. The summed E-state index contributed by atoms with van der Waals surface area (Å²) >= 11 is 0. The van der Waals surface area contributed by atoms with E-state index in [1.54, 1.807) is 6.20 Å². The fourth-order valence-electron chi connectivity index (χ4n) is 2.43. The van der Waals surface area contributed by atoms with Crippen LogP contribution in [0.5, 0.6) is 5.75 Å². The van der Waals surface area contributed by atoms with Gasteiger partial charge in [-0.25, -0.2) is 4.68 Å². The maximum absolute atomic E-state index is 5.95. The first-order chi connectivity index (χ1) is 9.33. The smallest absolute Gasteiger partial charge is 0.158 e. The van der Waals surface area contributed by atoms with E-state index in [9.17, 15) is 0 Å². The zero-order valence-corrected chi connectivity index (χ0v) is 11.2. The summed E-state index contributed by atoms with van der Waals surface area (Å²) in [6.45, 7) is 4.11. The Morgan fingerprint density at radius 2 is 2.26 bits per heavy atom. The molecule has 1 saturated heterocycles. The quantitative estimate of drug-likeness (QED) is 0.917. The normalized spacial score (nSPS) is 19.3. The van der Waals surface area contributed by atoms with Gasteiger partial charge in [-0.2, -0.15) is 5.10 Å². The first-order valence-electron chi connectivity index (χ1n) is 6.81. The van der Waals surface area contributed by atoms with Crippen LogP contribution >= 0.6 is 0 Å². The Morgan fingerprint density at radius 1 is 1.37 bits per heavy atom. The lowest BCUT2D eigenvalue weighted by atomic mass is 10.1. The van der Waals surface area contributed by atoms with Gasteiger partial charge in [0.2, 0.25) is 0 Å². The van der Waals surface area contributed by atoms with Crippen LogP contribution < -0.4 is 10.1 Å². The van der Waals surface area contributed by atoms with E-state index in [2.05, 4.69) is 29.5 Å². The monoisotopic (exact) mass is 257 g/mol. The SMILES string of the molecule is Cc1ccccc1-n1cc(OC2CCCNC2)cn1. The van der Waals surface area contributed by atoms with Crippen molar-refractivity contribution in [3.8, 4) is 11.4 Å². The van der Waals surface area contributed by atoms with Gasteiger partial charge in [0, 0.05) is 6.54 Å². The predicted octanol–water partition coefficient (Wildman–Crippen LogP) is 2.31. The summed E-state index contributed by atoms with van der Waals surface area (Å²) in [5.41, 5.74) is 2.30. The second kappa shape index (κ2) is 5.45. The number of hydrogen-bond donors (Lipinski definition) is 1. The van der Waals surface area contributed by atoms with Crippen LogP contribution in [0.3, 0.4) is 0 Å². The van der Waals surface area contributed by atoms with Crippen molar-refractivity contribution < 1.29 is 4.74 Å². The number of ether oxygens (including phenoxy) is 1. The Hall–Kier alpha value is -1.81.